The second-order valence-corrected chi connectivity index (χ2v) is 5.14. The van der Waals surface area contributed by atoms with Crippen LogP contribution in [0.25, 0.3) is 0 Å². The van der Waals surface area contributed by atoms with Crippen molar-refractivity contribution in [2.24, 2.45) is 0 Å². The largest absolute Gasteiger partial charge is 0.497 e. The molecule has 0 saturated carbocycles. The number of aliphatic hydroxyl groups is 1. The van der Waals surface area contributed by atoms with E-state index in [1.165, 1.54) is 0 Å². The van der Waals surface area contributed by atoms with Gasteiger partial charge in [-0.2, -0.15) is 0 Å². The maximum atomic E-state index is 11.3. The normalized spacial score (nSPS) is 11.4. The van der Waals surface area contributed by atoms with Crippen LogP contribution < -0.4 is 9.46 Å². The number of rotatable bonds is 6. The summed E-state index contributed by atoms with van der Waals surface area (Å²) in [4.78, 5) is 0. The molecule has 0 bridgehead atoms. The molecule has 0 aliphatic rings. The second-order valence-electron chi connectivity index (χ2n) is 3.22. The van der Waals surface area contributed by atoms with Crippen LogP contribution in [0.1, 0.15) is 5.56 Å². The summed E-state index contributed by atoms with van der Waals surface area (Å²) in [6, 6.07) is 7.12. The van der Waals surface area contributed by atoms with Gasteiger partial charge in [0.05, 0.1) is 19.5 Å². The molecule has 0 radical (unpaired) electrons. The topological polar surface area (TPSA) is 75.6 Å². The molecule has 90 valence electrons. The minimum atomic E-state index is -3.39. The van der Waals surface area contributed by atoms with E-state index in [1.54, 1.807) is 31.4 Å². The first-order valence-electron chi connectivity index (χ1n) is 4.78. The number of benzene rings is 1. The zero-order chi connectivity index (χ0) is 12.0. The molecule has 16 heavy (non-hydrogen) atoms. The second kappa shape index (κ2) is 5.83. The van der Waals surface area contributed by atoms with Gasteiger partial charge < -0.3 is 9.84 Å². The molecule has 0 heterocycles. The minimum Gasteiger partial charge on any atom is -0.497 e. The summed E-state index contributed by atoms with van der Waals surface area (Å²) in [5.41, 5.74) is 0.806. The summed E-state index contributed by atoms with van der Waals surface area (Å²) in [6.45, 7) is -0.188. The molecule has 1 rings (SSSR count). The van der Waals surface area contributed by atoms with Crippen LogP contribution in [0.2, 0.25) is 0 Å². The summed E-state index contributed by atoms with van der Waals surface area (Å²) < 4.78 is 29.9. The van der Waals surface area contributed by atoms with E-state index in [2.05, 4.69) is 4.72 Å². The third-order valence-electron chi connectivity index (χ3n) is 1.99. The first-order valence-corrected chi connectivity index (χ1v) is 6.44. The zero-order valence-corrected chi connectivity index (χ0v) is 9.83. The van der Waals surface area contributed by atoms with Crippen molar-refractivity contribution in [1.29, 1.82) is 0 Å². The molecule has 0 atom stereocenters. The molecular weight excluding hydrogens is 230 g/mol. The third-order valence-corrected chi connectivity index (χ3v) is 3.29. The van der Waals surface area contributed by atoms with Crippen molar-refractivity contribution in [3.05, 3.63) is 29.8 Å². The maximum Gasteiger partial charge on any atom is 0.214 e. The van der Waals surface area contributed by atoms with Gasteiger partial charge in [0.2, 0.25) is 10.0 Å². The van der Waals surface area contributed by atoms with Crippen molar-refractivity contribution in [3.8, 4) is 5.75 Å². The van der Waals surface area contributed by atoms with E-state index in [1.807, 2.05) is 0 Å². The van der Waals surface area contributed by atoms with Crippen LogP contribution in [0.3, 0.4) is 0 Å². The molecule has 0 fully saturated rings. The smallest absolute Gasteiger partial charge is 0.214 e. The van der Waals surface area contributed by atoms with Gasteiger partial charge in [0.15, 0.2) is 0 Å². The van der Waals surface area contributed by atoms with Gasteiger partial charge in [-0.25, -0.2) is 13.1 Å². The summed E-state index contributed by atoms with van der Waals surface area (Å²) in [5.74, 6) is 0.399. The van der Waals surface area contributed by atoms with Crippen LogP contribution in [0, 0.1) is 0 Å². The highest BCUT2D eigenvalue weighted by Gasteiger charge is 2.08. The van der Waals surface area contributed by atoms with Gasteiger partial charge in [-0.1, -0.05) is 12.1 Å². The van der Waals surface area contributed by atoms with Gasteiger partial charge in [-0.15, -0.1) is 0 Å². The number of methoxy groups -OCH3 is 1. The fourth-order valence-electron chi connectivity index (χ4n) is 1.17. The van der Waals surface area contributed by atoms with Crippen LogP contribution in [-0.2, 0) is 16.6 Å². The highest BCUT2D eigenvalue weighted by molar-refractivity contribution is 7.89. The van der Waals surface area contributed by atoms with E-state index in [-0.39, 0.29) is 18.9 Å². The Bertz CT molecular complexity index is 430. The molecule has 0 aliphatic heterocycles. The van der Waals surface area contributed by atoms with E-state index in [0.29, 0.717) is 5.75 Å². The predicted molar refractivity (Wildman–Crippen MR) is 60.7 cm³/mol. The summed E-state index contributed by atoms with van der Waals surface area (Å²) in [7, 11) is -1.84. The lowest BCUT2D eigenvalue weighted by molar-refractivity contribution is 0.319. The molecular formula is C10H15NO4S. The van der Waals surface area contributed by atoms with Crippen molar-refractivity contribution >= 4 is 10.0 Å². The van der Waals surface area contributed by atoms with Gasteiger partial charge in [0.1, 0.15) is 5.75 Å². The number of nitrogens with one attached hydrogen (secondary N) is 1. The van der Waals surface area contributed by atoms with Crippen molar-refractivity contribution in [1.82, 2.24) is 4.72 Å². The Morgan fingerprint density at radius 3 is 2.81 bits per heavy atom. The van der Waals surface area contributed by atoms with Crippen LogP contribution in [0.4, 0.5) is 0 Å². The summed E-state index contributed by atoms with van der Waals surface area (Å²) in [6.07, 6.45) is 0. The lowest BCUT2D eigenvalue weighted by Gasteiger charge is -2.06. The van der Waals surface area contributed by atoms with Crippen molar-refractivity contribution in [3.63, 3.8) is 0 Å². The zero-order valence-electron chi connectivity index (χ0n) is 9.01. The quantitative estimate of drug-likeness (QED) is 0.745. The Hall–Kier alpha value is -1.11. The molecule has 0 spiro atoms. The number of hydrogen-bond acceptors (Lipinski definition) is 4. The monoisotopic (exact) mass is 245 g/mol. The highest BCUT2D eigenvalue weighted by atomic mass is 32.2. The third kappa shape index (κ3) is 4.18. The molecule has 0 saturated heterocycles. The average Bonchev–Trinajstić information content (AvgIpc) is 2.27. The minimum absolute atomic E-state index is 0.194. The summed E-state index contributed by atoms with van der Waals surface area (Å²) in [5, 5.41) is 8.54. The first kappa shape index (κ1) is 13.0. The number of ether oxygens (including phenoxy) is 1. The SMILES string of the molecule is COc1cccc(CNS(=O)(=O)CCO)c1. The molecule has 0 amide bonds. The predicted octanol–water partition coefficient (Wildman–Crippen LogP) is 0.107. The van der Waals surface area contributed by atoms with Crippen LogP contribution in [0.5, 0.6) is 5.75 Å². The Kier molecular flexibility index (Phi) is 4.72. The van der Waals surface area contributed by atoms with Crippen molar-refractivity contribution in [2.45, 2.75) is 6.54 Å². The molecule has 1 aromatic carbocycles. The first-order chi connectivity index (χ1) is 7.57. The molecule has 5 nitrogen and oxygen atoms in total. The van der Waals surface area contributed by atoms with Gasteiger partial charge >= 0.3 is 0 Å². The standard InChI is InChI=1S/C10H15NO4S/c1-15-10-4-2-3-9(7-10)8-11-16(13,14)6-5-12/h2-4,7,11-12H,5-6,8H2,1H3. The number of aliphatic hydroxyl groups excluding tert-OH is 1. The molecule has 1 aromatic rings. The fraction of sp³-hybridized carbons (Fsp3) is 0.400. The van der Waals surface area contributed by atoms with Crippen LogP contribution in [0.15, 0.2) is 24.3 Å². The average molecular weight is 245 g/mol. The van der Waals surface area contributed by atoms with Crippen molar-refractivity contribution in [2.75, 3.05) is 19.5 Å². The van der Waals surface area contributed by atoms with E-state index in [4.69, 9.17) is 9.84 Å². The van der Waals surface area contributed by atoms with Gasteiger partial charge in [0.25, 0.3) is 0 Å². The van der Waals surface area contributed by atoms with Gasteiger partial charge in [-0.05, 0) is 17.7 Å². The number of sulfonamides is 1. The van der Waals surface area contributed by atoms with Crippen molar-refractivity contribution < 1.29 is 18.3 Å². The Morgan fingerprint density at radius 1 is 1.44 bits per heavy atom. The molecule has 6 heteroatoms. The Labute approximate surface area is 95.1 Å². The molecule has 0 aliphatic carbocycles. The summed E-state index contributed by atoms with van der Waals surface area (Å²) >= 11 is 0. The van der Waals surface area contributed by atoms with E-state index < -0.39 is 10.0 Å². The Morgan fingerprint density at radius 2 is 2.19 bits per heavy atom. The highest BCUT2D eigenvalue weighted by Crippen LogP contribution is 2.12. The molecule has 2 N–H and O–H groups in total. The van der Waals surface area contributed by atoms with Crippen LogP contribution >= 0.6 is 0 Å². The van der Waals surface area contributed by atoms with E-state index >= 15 is 0 Å². The maximum absolute atomic E-state index is 11.3. The van der Waals surface area contributed by atoms with Crippen LogP contribution in [-0.4, -0.2) is 33.0 Å². The Balaban J connectivity index is 2.61. The fourth-order valence-corrected chi connectivity index (χ4v) is 1.94. The van der Waals surface area contributed by atoms with E-state index in [9.17, 15) is 8.42 Å². The van der Waals surface area contributed by atoms with Gasteiger partial charge in [0, 0.05) is 6.54 Å². The molecule has 0 aromatic heterocycles. The van der Waals surface area contributed by atoms with E-state index in [0.717, 1.165) is 5.56 Å². The lowest BCUT2D eigenvalue weighted by atomic mass is 10.2. The lowest BCUT2D eigenvalue weighted by Crippen LogP contribution is -2.27. The molecule has 0 unspecified atom stereocenters. The van der Waals surface area contributed by atoms with Gasteiger partial charge in [-0.3, -0.25) is 0 Å². The number of hydrogen-bond donors (Lipinski definition) is 2.